The van der Waals surface area contributed by atoms with Gasteiger partial charge in [-0.15, -0.1) is 0 Å². The number of para-hydroxylation sites is 1. The number of rotatable bonds is 4. The first-order valence-electron chi connectivity index (χ1n) is 7.75. The van der Waals surface area contributed by atoms with E-state index in [1.54, 1.807) is 18.2 Å². The summed E-state index contributed by atoms with van der Waals surface area (Å²) < 4.78 is 32.6. The molecule has 1 aromatic heterocycles. The molecular weight excluding hydrogens is 332 g/mol. The summed E-state index contributed by atoms with van der Waals surface area (Å²) >= 11 is 0. The Morgan fingerprint density at radius 1 is 1.42 bits per heavy atom. The van der Waals surface area contributed by atoms with Crippen LogP contribution in [0.15, 0.2) is 39.8 Å². The predicted octanol–water partition coefficient (Wildman–Crippen LogP) is 1.08. The average molecular weight is 352 g/mol. The summed E-state index contributed by atoms with van der Waals surface area (Å²) in [5, 5.41) is 13.8. The fraction of sp³-hybridized carbons (Fsp3) is 0.438. The topological polar surface area (TPSA) is 99.9 Å². The number of nitrogens with zero attached hydrogens (tertiary/aromatic N) is 1. The van der Waals surface area contributed by atoms with E-state index in [9.17, 15) is 18.3 Å². The number of sulfonamides is 1. The molecule has 1 amide bonds. The predicted molar refractivity (Wildman–Crippen MR) is 87.8 cm³/mol. The van der Waals surface area contributed by atoms with Crippen molar-refractivity contribution in [2.75, 3.05) is 20.1 Å². The molecule has 2 aromatic rings. The lowest BCUT2D eigenvalue weighted by molar-refractivity contribution is -0.127. The van der Waals surface area contributed by atoms with Gasteiger partial charge in [0, 0.05) is 25.5 Å². The fourth-order valence-electron chi connectivity index (χ4n) is 3.12. The van der Waals surface area contributed by atoms with Crippen LogP contribution in [0, 0.1) is 0 Å². The number of hydrogen-bond acceptors (Lipinski definition) is 5. The van der Waals surface area contributed by atoms with Crippen LogP contribution in [0.25, 0.3) is 11.0 Å². The van der Waals surface area contributed by atoms with E-state index in [-0.39, 0.29) is 23.8 Å². The van der Waals surface area contributed by atoms with Crippen molar-refractivity contribution in [3.05, 3.63) is 30.5 Å². The smallest absolute Gasteiger partial charge is 0.246 e. The standard InChI is InChI=1S/C16H20N2O5S/c1-17-14(19)10-16(20)7-3-8-18(11-16)24(21,22)13-5-2-4-12-6-9-23-15(12)13/h2,4-6,9,20H,3,7-8,10-11H2,1H3,(H,17,19). The molecule has 8 heteroatoms. The Morgan fingerprint density at radius 2 is 2.21 bits per heavy atom. The second-order valence-electron chi connectivity index (χ2n) is 6.11. The average Bonchev–Trinajstić information content (AvgIpc) is 3.02. The molecule has 1 unspecified atom stereocenters. The molecule has 1 atom stereocenters. The zero-order valence-electron chi connectivity index (χ0n) is 13.4. The van der Waals surface area contributed by atoms with Gasteiger partial charge >= 0.3 is 0 Å². The molecular formula is C16H20N2O5S. The zero-order valence-corrected chi connectivity index (χ0v) is 14.2. The lowest BCUT2D eigenvalue weighted by Crippen LogP contribution is -2.52. The Hall–Kier alpha value is -1.90. The third-order valence-corrected chi connectivity index (χ3v) is 6.22. The van der Waals surface area contributed by atoms with Crippen LogP contribution >= 0.6 is 0 Å². The van der Waals surface area contributed by atoms with Crippen molar-refractivity contribution in [1.29, 1.82) is 0 Å². The largest absolute Gasteiger partial charge is 0.463 e. The minimum absolute atomic E-state index is 0.0780. The van der Waals surface area contributed by atoms with Gasteiger partial charge < -0.3 is 14.8 Å². The normalized spacial score (nSPS) is 22.6. The molecule has 2 heterocycles. The number of carbonyl (C=O) groups is 1. The van der Waals surface area contributed by atoms with Crippen molar-refractivity contribution in [2.45, 2.75) is 29.8 Å². The molecule has 1 aliphatic heterocycles. The first-order chi connectivity index (χ1) is 11.4. The van der Waals surface area contributed by atoms with E-state index in [1.807, 2.05) is 0 Å². The van der Waals surface area contributed by atoms with Gasteiger partial charge in [0.05, 0.1) is 18.3 Å². The lowest BCUT2D eigenvalue weighted by Gasteiger charge is -2.38. The summed E-state index contributed by atoms with van der Waals surface area (Å²) in [5.74, 6) is -0.315. The Labute approximate surface area is 140 Å². The van der Waals surface area contributed by atoms with E-state index in [4.69, 9.17) is 4.42 Å². The Balaban J connectivity index is 1.92. The zero-order chi connectivity index (χ0) is 17.4. The molecule has 130 valence electrons. The van der Waals surface area contributed by atoms with Crippen LogP contribution in [-0.2, 0) is 14.8 Å². The van der Waals surface area contributed by atoms with Gasteiger partial charge in [-0.25, -0.2) is 8.42 Å². The molecule has 0 spiro atoms. The number of benzene rings is 1. The third kappa shape index (κ3) is 3.04. The highest BCUT2D eigenvalue weighted by Gasteiger charge is 2.40. The van der Waals surface area contributed by atoms with Crippen molar-refractivity contribution in [3.8, 4) is 0 Å². The molecule has 7 nitrogen and oxygen atoms in total. The van der Waals surface area contributed by atoms with Gasteiger partial charge in [-0.1, -0.05) is 12.1 Å². The van der Waals surface area contributed by atoms with Crippen molar-refractivity contribution in [1.82, 2.24) is 9.62 Å². The van der Waals surface area contributed by atoms with Gasteiger partial charge in [0.15, 0.2) is 5.58 Å². The molecule has 0 bridgehead atoms. The quantitative estimate of drug-likeness (QED) is 0.858. The number of piperidine rings is 1. The van der Waals surface area contributed by atoms with E-state index < -0.39 is 15.6 Å². The van der Waals surface area contributed by atoms with Crippen LogP contribution in [0.4, 0.5) is 0 Å². The van der Waals surface area contributed by atoms with E-state index in [2.05, 4.69) is 5.32 Å². The number of aliphatic hydroxyl groups is 1. The second-order valence-corrected chi connectivity index (χ2v) is 8.02. The van der Waals surface area contributed by atoms with Crippen LogP contribution in [0.2, 0.25) is 0 Å². The summed E-state index contributed by atoms with van der Waals surface area (Å²) in [5.41, 5.74) is -1.06. The van der Waals surface area contributed by atoms with E-state index >= 15 is 0 Å². The molecule has 3 rings (SSSR count). The van der Waals surface area contributed by atoms with Crippen LogP contribution in [0.3, 0.4) is 0 Å². The number of amides is 1. The van der Waals surface area contributed by atoms with E-state index in [0.717, 1.165) is 0 Å². The summed E-state index contributed by atoms with van der Waals surface area (Å²) in [4.78, 5) is 11.7. The van der Waals surface area contributed by atoms with E-state index in [0.29, 0.717) is 30.4 Å². The van der Waals surface area contributed by atoms with Gasteiger partial charge in [-0.05, 0) is 25.0 Å². The maximum Gasteiger partial charge on any atom is 0.246 e. The van der Waals surface area contributed by atoms with Crippen molar-refractivity contribution >= 4 is 26.9 Å². The second kappa shape index (κ2) is 6.19. The maximum absolute atomic E-state index is 13.0. The van der Waals surface area contributed by atoms with Crippen LogP contribution in [0.1, 0.15) is 19.3 Å². The maximum atomic E-state index is 13.0. The van der Waals surface area contributed by atoms with E-state index in [1.165, 1.54) is 23.7 Å². The Morgan fingerprint density at radius 3 is 2.96 bits per heavy atom. The van der Waals surface area contributed by atoms with Crippen molar-refractivity contribution in [2.24, 2.45) is 0 Å². The molecule has 0 saturated carbocycles. The molecule has 0 radical (unpaired) electrons. The number of furan rings is 1. The molecule has 2 N–H and O–H groups in total. The minimum Gasteiger partial charge on any atom is -0.463 e. The Kier molecular flexibility index (Phi) is 4.37. The number of β-amino-alcohol motifs (C(OH)–C–C–N with tert-alkyl or cyclic N) is 1. The monoisotopic (exact) mass is 352 g/mol. The highest BCUT2D eigenvalue weighted by molar-refractivity contribution is 7.89. The fourth-order valence-corrected chi connectivity index (χ4v) is 4.82. The molecule has 1 saturated heterocycles. The highest BCUT2D eigenvalue weighted by atomic mass is 32.2. The van der Waals surface area contributed by atoms with Crippen LogP contribution < -0.4 is 5.32 Å². The van der Waals surface area contributed by atoms with Gasteiger partial charge in [0.2, 0.25) is 15.9 Å². The van der Waals surface area contributed by atoms with Crippen LogP contribution in [-0.4, -0.2) is 49.5 Å². The summed E-state index contributed by atoms with van der Waals surface area (Å²) in [6, 6.07) is 6.63. The third-order valence-electron chi connectivity index (χ3n) is 4.35. The molecule has 1 aromatic carbocycles. The first-order valence-corrected chi connectivity index (χ1v) is 9.19. The van der Waals surface area contributed by atoms with Crippen LogP contribution in [0.5, 0.6) is 0 Å². The van der Waals surface area contributed by atoms with Gasteiger partial charge in [-0.2, -0.15) is 4.31 Å². The summed E-state index contributed by atoms with van der Waals surface area (Å²) in [6.45, 7) is 0.190. The first kappa shape index (κ1) is 16.9. The van der Waals surface area contributed by atoms with Gasteiger partial charge in [0.25, 0.3) is 0 Å². The number of carbonyl (C=O) groups excluding carboxylic acids is 1. The minimum atomic E-state index is -3.82. The van der Waals surface area contributed by atoms with Crippen molar-refractivity contribution < 1.29 is 22.7 Å². The van der Waals surface area contributed by atoms with Gasteiger partial charge in [-0.3, -0.25) is 4.79 Å². The lowest BCUT2D eigenvalue weighted by atomic mass is 9.90. The summed E-state index contributed by atoms with van der Waals surface area (Å²) in [7, 11) is -2.34. The van der Waals surface area contributed by atoms with Crippen molar-refractivity contribution in [3.63, 3.8) is 0 Å². The van der Waals surface area contributed by atoms with Gasteiger partial charge in [0.1, 0.15) is 4.90 Å². The summed E-state index contributed by atoms with van der Waals surface area (Å²) in [6.07, 6.45) is 2.19. The number of fused-ring (bicyclic) bond motifs is 1. The molecule has 1 aliphatic rings. The number of hydrogen-bond donors (Lipinski definition) is 2. The molecule has 0 aliphatic carbocycles. The number of nitrogens with one attached hydrogen (secondary N) is 1. The molecule has 24 heavy (non-hydrogen) atoms. The Bertz CT molecular complexity index is 860. The molecule has 1 fully saturated rings. The highest BCUT2D eigenvalue weighted by Crippen LogP contribution is 2.31. The SMILES string of the molecule is CNC(=O)CC1(O)CCCN(S(=O)(=O)c2cccc3ccoc23)C1.